The van der Waals surface area contributed by atoms with Crippen LogP contribution in [0, 0.1) is 0 Å². The fraction of sp³-hybridized carbons (Fsp3) is 0. The standard InChI is InChI=1S/C36H21NOS/c1-2-10-24(11-3-1)37-30-15-7-6-13-27(30)35-34(37)28-19-18-23(21-31(28)38-35)25-14-8-16-32-33(25)29-20-17-22-9-4-5-12-26(22)36(29)39-32/h1-21H. The largest absolute Gasteiger partial charge is 0.454 e. The van der Waals surface area contributed by atoms with E-state index >= 15 is 0 Å². The first-order chi connectivity index (χ1) is 19.3. The van der Waals surface area contributed by atoms with Gasteiger partial charge in [0.1, 0.15) is 11.1 Å². The predicted molar refractivity (Wildman–Crippen MR) is 166 cm³/mol. The SMILES string of the molecule is c1ccc(-n2c3ccccc3c3oc4cc(-c5cccc6sc7c8ccccc8ccc7c56)ccc4c32)cc1. The topological polar surface area (TPSA) is 18.1 Å². The molecule has 0 fully saturated rings. The van der Waals surface area contributed by atoms with Crippen LogP contribution in [0.5, 0.6) is 0 Å². The van der Waals surface area contributed by atoms with Crippen molar-refractivity contribution in [3.63, 3.8) is 0 Å². The number of benzene rings is 6. The van der Waals surface area contributed by atoms with Crippen LogP contribution in [0.15, 0.2) is 132 Å². The van der Waals surface area contributed by atoms with Gasteiger partial charge in [-0.15, -0.1) is 11.3 Å². The fourth-order valence-electron chi connectivity index (χ4n) is 6.28. The highest BCUT2D eigenvalue weighted by atomic mass is 32.1. The zero-order valence-corrected chi connectivity index (χ0v) is 21.7. The molecule has 0 saturated carbocycles. The summed E-state index contributed by atoms with van der Waals surface area (Å²) in [6.45, 7) is 0. The first-order valence-corrected chi connectivity index (χ1v) is 14.0. The number of rotatable bonds is 2. The molecule has 182 valence electrons. The lowest BCUT2D eigenvalue weighted by atomic mass is 9.97. The molecule has 0 spiro atoms. The third kappa shape index (κ3) is 2.91. The van der Waals surface area contributed by atoms with Gasteiger partial charge in [0.15, 0.2) is 5.58 Å². The van der Waals surface area contributed by atoms with Gasteiger partial charge in [0.25, 0.3) is 0 Å². The second-order valence-electron chi connectivity index (χ2n) is 10.1. The van der Waals surface area contributed by atoms with Crippen LogP contribution in [-0.2, 0) is 0 Å². The Labute approximate surface area is 227 Å². The molecule has 9 aromatic rings. The summed E-state index contributed by atoms with van der Waals surface area (Å²) in [6, 6.07) is 45.6. The molecule has 0 saturated heterocycles. The first-order valence-electron chi connectivity index (χ1n) is 13.2. The monoisotopic (exact) mass is 515 g/mol. The van der Waals surface area contributed by atoms with E-state index in [0.717, 1.165) is 38.7 Å². The van der Waals surface area contributed by atoms with Crippen LogP contribution in [0.1, 0.15) is 0 Å². The highest BCUT2D eigenvalue weighted by Gasteiger charge is 2.20. The minimum absolute atomic E-state index is 0.912. The number of furan rings is 1. The maximum atomic E-state index is 6.65. The molecule has 0 atom stereocenters. The molecule has 0 aliphatic rings. The van der Waals surface area contributed by atoms with Gasteiger partial charge in [-0.2, -0.15) is 0 Å². The fourth-order valence-corrected chi connectivity index (χ4v) is 7.54. The zero-order chi connectivity index (χ0) is 25.5. The van der Waals surface area contributed by atoms with Crippen molar-refractivity contribution >= 4 is 75.3 Å². The lowest BCUT2D eigenvalue weighted by Gasteiger charge is -2.08. The Balaban J connectivity index is 1.33. The minimum Gasteiger partial charge on any atom is -0.454 e. The molecule has 6 aromatic carbocycles. The van der Waals surface area contributed by atoms with E-state index in [1.807, 2.05) is 11.3 Å². The number of hydrogen-bond donors (Lipinski definition) is 0. The highest BCUT2D eigenvalue weighted by Crippen LogP contribution is 2.44. The summed E-state index contributed by atoms with van der Waals surface area (Å²) in [7, 11) is 0. The Kier molecular flexibility index (Phi) is 4.24. The number of thiophene rings is 1. The van der Waals surface area contributed by atoms with Crippen molar-refractivity contribution in [3.05, 3.63) is 127 Å². The van der Waals surface area contributed by atoms with Crippen LogP contribution >= 0.6 is 11.3 Å². The Morgan fingerprint density at radius 2 is 1.38 bits per heavy atom. The molecule has 2 nitrogen and oxygen atoms in total. The molecule has 0 amide bonds. The van der Waals surface area contributed by atoms with E-state index < -0.39 is 0 Å². The van der Waals surface area contributed by atoms with E-state index in [0.29, 0.717) is 0 Å². The molecule has 0 unspecified atom stereocenters. The van der Waals surface area contributed by atoms with E-state index in [1.165, 1.54) is 42.1 Å². The summed E-state index contributed by atoms with van der Waals surface area (Å²) in [6.07, 6.45) is 0. The van der Waals surface area contributed by atoms with Gasteiger partial charge in [0.2, 0.25) is 0 Å². The highest BCUT2D eigenvalue weighted by molar-refractivity contribution is 7.26. The number of fused-ring (bicyclic) bond motifs is 10. The lowest BCUT2D eigenvalue weighted by Crippen LogP contribution is -1.92. The zero-order valence-electron chi connectivity index (χ0n) is 20.9. The van der Waals surface area contributed by atoms with E-state index in [-0.39, 0.29) is 0 Å². The van der Waals surface area contributed by atoms with Crippen molar-refractivity contribution in [3.8, 4) is 16.8 Å². The van der Waals surface area contributed by atoms with Gasteiger partial charge in [-0.1, -0.05) is 84.9 Å². The molecule has 9 rings (SSSR count). The van der Waals surface area contributed by atoms with Crippen molar-refractivity contribution < 1.29 is 4.42 Å². The molecule has 0 aliphatic carbocycles. The second-order valence-corrected chi connectivity index (χ2v) is 11.2. The third-order valence-corrected chi connectivity index (χ3v) is 9.19. The maximum absolute atomic E-state index is 6.65. The van der Waals surface area contributed by atoms with Crippen LogP contribution in [0.2, 0.25) is 0 Å². The van der Waals surface area contributed by atoms with E-state index in [2.05, 4.69) is 132 Å². The van der Waals surface area contributed by atoms with Crippen LogP contribution in [0.3, 0.4) is 0 Å². The van der Waals surface area contributed by atoms with Gasteiger partial charge < -0.3 is 8.98 Å². The summed E-state index contributed by atoms with van der Waals surface area (Å²) in [5, 5.41) is 7.50. The normalized spacial score (nSPS) is 12.1. The molecule has 0 bridgehead atoms. The average Bonchev–Trinajstić information content (AvgIpc) is 3.66. The minimum atomic E-state index is 0.912. The van der Waals surface area contributed by atoms with Crippen molar-refractivity contribution in [1.82, 2.24) is 4.57 Å². The Hall–Kier alpha value is -4.86. The molecule has 3 heteroatoms. The van der Waals surface area contributed by atoms with Crippen molar-refractivity contribution in [2.45, 2.75) is 0 Å². The van der Waals surface area contributed by atoms with Crippen molar-refractivity contribution in [2.75, 3.05) is 0 Å². The van der Waals surface area contributed by atoms with E-state index in [9.17, 15) is 0 Å². The summed E-state index contributed by atoms with van der Waals surface area (Å²) in [5.41, 5.74) is 7.68. The van der Waals surface area contributed by atoms with Gasteiger partial charge in [-0.3, -0.25) is 0 Å². The molecular weight excluding hydrogens is 494 g/mol. The quantitative estimate of drug-likeness (QED) is 0.224. The Morgan fingerprint density at radius 3 is 2.31 bits per heavy atom. The predicted octanol–water partition coefficient (Wildman–Crippen LogP) is 10.7. The number of nitrogens with zero attached hydrogens (tertiary/aromatic N) is 1. The summed E-state index contributed by atoms with van der Waals surface area (Å²) >= 11 is 1.88. The maximum Gasteiger partial charge on any atom is 0.161 e. The van der Waals surface area contributed by atoms with Crippen LogP contribution in [-0.4, -0.2) is 4.57 Å². The van der Waals surface area contributed by atoms with Gasteiger partial charge in [-0.25, -0.2) is 0 Å². The molecule has 0 N–H and O–H groups in total. The second kappa shape index (κ2) is 7.83. The van der Waals surface area contributed by atoms with Crippen LogP contribution < -0.4 is 0 Å². The summed E-state index contributed by atoms with van der Waals surface area (Å²) < 4.78 is 11.6. The van der Waals surface area contributed by atoms with E-state index in [4.69, 9.17) is 4.42 Å². The Bertz CT molecular complexity index is 2390. The number of hydrogen-bond acceptors (Lipinski definition) is 2. The molecular formula is C36H21NOS. The average molecular weight is 516 g/mol. The van der Waals surface area contributed by atoms with Crippen molar-refractivity contribution in [1.29, 1.82) is 0 Å². The van der Waals surface area contributed by atoms with Crippen LogP contribution in [0.25, 0.3) is 80.7 Å². The molecule has 3 heterocycles. The smallest absolute Gasteiger partial charge is 0.161 e. The third-order valence-electron chi connectivity index (χ3n) is 7.99. The molecule has 3 aromatic heterocycles. The first kappa shape index (κ1) is 21.1. The lowest BCUT2D eigenvalue weighted by molar-refractivity contribution is 0.673. The van der Waals surface area contributed by atoms with Gasteiger partial charge in [0.05, 0.1) is 5.52 Å². The number of aromatic nitrogens is 1. The van der Waals surface area contributed by atoms with Gasteiger partial charge >= 0.3 is 0 Å². The molecule has 39 heavy (non-hydrogen) atoms. The number of para-hydroxylation sites is 2. The Morgan fingerprint density at radius 1 is 0.590 bits per heavy atom. The van der Waals surface area contributed by atoms with Gasteiger partial charge in [-0.05, 0) is 64.4 Å². The van der Waals surface area contributed by atoms with Crippen molar-refractivity contribution in [2.24, 2.45) is 0 Å². The van der Waals surface area contributed by atoms with Gasteiger partial charge in [0, 0.05) is 36.6 Å². The van der Waals surface area contributed by atoms with Crippen LogP contribution in [0.4, 0.5) is 0 Å². The molecule has 0 radical (unpaired) electrons. The summed E-state index contributed by atoms with van der Waals surface area (Å²) in [5.74, 6) is 0. The van der Waals surface area contributed by atoms with E-state index in [1.54, 1.807) is 0 Å². The summed E-state index contributed by atoms with van der Waals surface area (Å²) in [4.78, 5) is 0. The molecule has 0 aliphatic heterocycles.